The van der Waals surface area contributed by atoms with E-state index in [9.17, 15) is 9.59 Å². The number of carbonyl (C=O) groups excluding carboxylic acids is 1. The van der Waals surface area contributed by atoms with Crippen LogP contribution in [0.1, 0.15) is 25.0 Å². The Morgan fingerprint density at radius 2 is 2.23 bits per heavy atom. The van der Waals surface area contributed by atoms with Crippen LogP contribution in [0.25, 0.3) is 0 Å². The number of hydrogen-bond donors (Lipinski definition) is 0. The smallest absolute Gasteiger partial charge is 0.330 e. The minimum Gasteiger partial charge on any atom is -0.463 e. The Labute approximate surface area is 130 Å². The van der Waals surface area contributed by atoms with Crippen LogP contribution in [0.5, 0.6) is 0 Å². The lowest BCUT2D eigenvalue weighted by atomic mass is 9.83. The molecule has 2 aliphatic rings. The molecule has 2 unspecified atom stereocenters. The molecule has 0 radical (unpaired) electrons. The van der Waals surface area contributed by atoms with Gasteiger partial charge in [0.1, 0.15) is 0 Å². The minimum absolute atomic E-state index is 0.114. The van der Waals surface area contributed by atoms with Crippen molar-refractivity contribution in [2.45, 2.75) is 25.8 Å². The van der Waals surface area contributed by atoms with Crippen LogP contribution in [0.15, 0.2) is 35.1 Å². The van der Waals surface area contributed by atoms with Crippen LogP contribution in [0, 0.1) is 5.92 Å². The number of likely N-dealkylation sites (tertiary alicyclic amines) is 1. The van der Waals surface area contributed by atoms with E-state index in [0.29, 0.717) is 18.4 Å². The lowest BCUT2D eigenvalue weighted by molar-refractivity contribution is -0.137. The molecule has 2 atom stereocenters. The Morgan fingerprint density at radius 3 is 3.05 bits per heavy atom. The zero-order chi connectivity index (χ0) is 15.5. The molecule has 3 heterocycles. The van der Waals surface area contributed by atoms with Gasteiger partial charge in [0.05, 0.1) is 6.61 Å². The first kappa shape index (κ1) is 15.0. The van der Waals surface area contributed by atoms with Crippen LogP contribution in [0.2, 0.25) is 0 Å². The van der Waals surface area contributed by atoms with Crippen LogP contribution in [0.4, 0.5) is 0 Å². The molecule has 22 heavy (non-hydrogen) atoms. The Bertz CT molecular complexity index is 635. The number of esters is 1. The summed E-state index contributed by atoms with van der Waals surface area (Å²) in [5.74, 6) is 0.649. The second-order valence-corrected chi connectivity index (χ2v) is 6.07. The number of fused-ring (bicyclic) bond motifs is 4. The van der Waals surface area contributed by atoms with E-state index in [2.05, 4.69) is 11.0 Å². The number of nitrogens with zero attached hydrogens (tertiary/aromatic N) is 2. The highest BCUT2D eigenvalue weighted by Crippen LogP contribution is 2.34. The summed E-state index contributed by atoms with van der Waals surface area (Å²) in [6.07, 6.45) is 4.53. The Kier molecular flexibility index (Phi) is 4.43. The highest BCUT2D eigenvalue weighted by Gasteiger charge is 2.33. The number of hydrogen-bond acceptors (Lipinski definition) is 4. The van der Waals surface area contributed by atoms with Crippen LogP contribution < -0.4 is 5.56 Å². The van der Waals surface area contributed by atoms with Crippen molar-refractivity contribution in [3.05, 3.63) is 46.4 Å². The largest absolute Gasteiger partial charge is 0.463 e. The van der Waals surface area contributed by atoms with Crippen LogP contribution in [0.3, 0.4) is 0 Å². The molecule has 0 aromatic carbocycles. The summed E-state index contributed by atoms with van der Waals surface area (Å²) in [5.41, 5.74) is 1.27. The standard InChI is InChI=1S/C17H22N2O3/c1-2-22-17(21)7-4-8-18-10-13-9-14(12-18)15-5-3-6-16(20)19(15)11-13/h3-7,13-14H,2,8-12H2,1H3. The van der Waals surface area contributed by atoms with Crippen molar-refractivity contribution >= 4 is 5.97 Å². The molecular formula is C17H22N2O3. The van der Waals surface area contributed by atoms with E-state index in [1.165, 1.54) is 6.08 Å². The molecule has 3 rings (SSSR count). The molecule has 1 aromatic rings. The van der Waals surface area contributed by atoms with Crippen molar-refractivity contribution in [2.75, 3.05) is 26.2 Å². The van der Waals surface area contributed by atoms with E-state index in [1.54, 1.807) is 13.0 Å². The fraction of sp³-hybridized carbons (Fsp3) is 0.529. The van der Waals surface area contributed by atoms with Gasteiger partial charge in [0.15, 0.2) is 0 Å². The van der Waals surface area contributed by atoms with Gasteiger partial charge < -0.3 is 9.30 Å². The fourth-order valence-electron chi connectivity index (χ4n) is 3.63. The number of piperidine rings is 1. The molecule has 2 aliphatic heterocycles. The fourth-order valence-corrected chi connectivity index (χ4v) is 3.63. The topological polar surface area (TPSA) is 51.5 Å². The molecule has 0 N–H and O–H groups in total. The molecule has 1 fully saturated rings. The normalized spacial score (nSPS) is 24.2. The van der Waals surface area contributed by atoms with Crippen molar-refractivity contribution in [1.29, 1.82) is 0 Å². The van der Waals surface area contributed by atoms with Gasteiger partial charge in [-0.15, -0.1) is 0 Å². The van der Waals surface area contributed by atoms with Gasteiger partial charge in [0.2, 0.25) is 0 Å². The number of aromatic nitrogens is 1. The van der Waals surface area contributed by atoms with Crippen LogP contribution in [-0.4, -0.2) is 41.7 Å². The molecule has 0 spiro atoms. The highest BCUT2D eigenvalue weighted by molar-refractivity contribution is 5.81. The van der Waals surface area contributed by atoms with Crippen molar-refractivity contribution in [3.8, 4) is 0 Å². The molecule has 1 saturated heterocycles. The molecular weight excluding hydrogens is 280 g/mol. The lowest BCUT2D eigenvalue weighted by Crippen LogP contribution is -2.47. The summed E-state index contributed by atoms with van der Waals surface area (Å²) in [4.78, 5) is 25.6. The maximum atomic E-state index is 12.0. The molecule has 5 nitrogen and oxygen atoms in total. The predicted octanol–water partition coefficient (Wildman–Crippen LogP) is 1.39. The summed E-state index contributed by atoms with van der Waals surface area (Å²) in [6.45, 7) is 5.68. The molecule has 2 bridgehead atoms. The van der Waals surface area contributed by atoms with E-state index in [0.717, 1.165) is 38.3 Å². The summed E-state index contributed by atoms with van der Waals surface area (Å²) in [6, 6.07) is 5.57. The van der Waals surface area contributed by atoms with Crippen LogP contribution >= 0.6 is 0 Å². The summed E-state index contributed by atoms with van der Waals surface area (Å²) < 4.78 is 6.82. The lowest BCUT2D eigenvalue weighted by Gasteiger charge is -2.42. The third-order valence-corrected chi connectivity index (χ3v) is 4.46. The zero-order valence-electron chi connectivity index (χ0n) is 12.9. The summed E-state index contributed by atoms with van der Waals surface area (Å²) >= 11 is 0. The Morgan fingerprint density at radius 1 is 1.36 bits per heavy atom. The maximum Gasteiger partial charge on any atom is 0.330 e. The molecule has 118 valence electrons. The van der Waals surface area contributed by atoms with Gasteiger partial charge in [0, 0.05) is 49.9 Å². The monoisotopic (exact) mass is 302 g/mol. The number of ether oxygens (including phenoxy) is 1. The first-order chi connectivity index (χ1) is 10.7. The number of rotatable bonds is 4. The summed E-state index contributed by atoms with van der Waals surface area (Å²) in [7, 11) is 0. The second kappa shape index (κ2) is 6.48. The van der Waals surface area contributed by atoms with Crippen molar-refractivity contribution in [2.24, 2.45) is 5.92 Å². The number of carbonyl (C=O) groups is 1. The Balaban J connectivity index is 1.66. The summed E-state index contributed by atoms with van der Waals surface area (Å²) in [5, 5.41) is 0. The zero-order valence-corrected chi connectivity index (χ0v) is 12.9. The van der Waals surface area contributed by atoms with Gasteiger partial charge in [-0.1, -0.05) is 12.1 Å². The quantitative estimate of drug-likeness (QED) is 0.623. The molecule has 0 amide bonds. The van der Waals surface area contributed by atoms with Crippen molar-refractivity contribution in [3.63, 3.8) is 0 Å². The molecule has 0 saturated carbocycles. The molecule has 5 heteroatoms. The average molecular weight is 302 g/mol. The molecule has 0 aliphatic carbocycles. The number of pyridine rings is 1. The van der Waals surface area contributed by atoms with Gasteiger partial charge in [-0.2, -0.15) is 0 Å². The maximum absolute atomic E-state index is 12.0. The second-order valence-electron chi connectivity index (χ2n) is 6.07. The third-order valence-electron chi connectivity index (χ3n) is 4.46. The third kappa shape index (κ3) is 3.14. The van der Waals surface area contributed by atoms with Crippen molar-refractivity contribution < 1.29 is 9.53 Å². The van der Waals surface area contributed by atoms with Gasteiger partial charge in [0.25, 0.3) is 5.56 Å². The van der Waals surface area contributed by atoms with E-state index in [1.807, 2.05) is 16.7 Å². The van der Waals surface area contributed by atoms with Gasteiger partial charge >= 0.3 is 5.97 Å². The first-order valence-corrected chi connectivity index (χ1v) is 7.92. The molecule has 1 aromatic heterocycles. The van der Waals surface area contributed by atoms with Gasteiger partial charge in [-0.25, -0.2) is 4.79 Å². The highest BCUT2D eigenvalue weighted by atomic mass is 16.5. The van der Waals surface area contributed by atoms with E-state index >= 15 is 0 Å². The predicted molar refractivity (Wildman–Crippen MR) is 83.8 cm³/mol. The van der Waals surface area contributed by atoms with Crippen molar-refractivity contribution in [1.82, 2.24) is 9.47 Å². The first-order valence-electron chi connectivity index (χ1n) is 7.92. The van der Waals surface area contributed by atoms with Gasteiger partial charge in [-0.05, 0) is 25.3 Å². The SMILES string of the molecule is CCOC(=O)C=CCN1CC2CC(C1)c1cccc(=O)n1C2. The van der Waals surface area contributed by atoms with E-state index in [-0.39, 0.29) is 11.5 Å². The minimum atomic E-state index is -0.281. The Hall–Kier alpha value is -1.88. The average Bonchev–Trinajstić information content (AvgIpc) is 2.49. The van der Waals surface area contributed by atoms with E-state index in [4.69, 9.17) is 4.74 Å². The van der Waals surface area contributed by atoms with E-state index < -0.39 is 0 Å². The van der Waals surface area contributed by atoms with Gasteiger partial charge in [-0.3, -0.25) is 9.69 Å². The van der Waals surface area contributed by atoms with Crippen LogP contribution in [-0.2, 0) is 16.1 Å².